The van der Waals surface area contributed by atoms with Crippen LogP contribution in [0.25, 0.3) is 11.4 Å². The van der Waals surface area contributed by atoms with Crippen LogP contribution < -0.4 is 4.80 Å². The van der Waals surface area contributed by atoms with Crippen LogP contribution in [0.3, 0.4) is 0 Å². The minimum atomic E-state index is 0. The van der Waals surface area contributed by atoms with Crippen LogP contribution in [0.5, 0.6) is 0 Å². The van der Waals surface area contributed by atoms with Crippen molar-refractivity contribution >= 4 is 28.5 Å². The Hall–Kier alpha value is -2.57. The first kappa shape index (κ1) is 19.2. The van der Waals surface area contributed by atoms with Crippen molar-refractivity contribution in [3.8, 4) is 11.4 Å². The third-order valence-electron chi connectivity index (χ3n) is 3.95. The Labute approximate surface area is 172 Å². The van der Waals surface area contributed by atoms with Gasteiger partial charge < -0.3 is 0 Å². The fourth-order valence-electron chi connectivity index (χ4n) is 2.68. The second-order valence-electron chi connectivity index (χ2n) is 5.88. The Kier molecular flexibility index (Phi) is 6.68. The van der Waals surface area contributed by atoms with E-state index < -0.39 is 0 Å². The van der Waals surface area contributed by atoms with Crippen LogP contribution in [-0.4, -0.2) is 13.9 Å². The van der Waals surface area contributed by atoms with E-state index >= 15 is 0 Å². The molecule has 2 aromatic carbocycles. The third kappa shape index (κ3) is 4.99. The maximum Gasteiger partial charge on any atom is 0.223 e. The van der Waals surface area contributed by atoms with E-state index in [4.69, 9.17) is 4.98 Å². The van der Waals surface area contributed by atoms with Crippen LogP contribution in [0, 0.1) is 0 Å². The van der Waals surface area contributed by atoms with Gasteiger partial charge in [-0.05, 0) is 28.7 Å². The first-order valence-electron chi connectivity index (χ1n) is 8.45. The quantitative estimate of drug-likeness (QED) is 0.451. The summed E-state index contributed by atoms with van der Waals surface area (Å²) in [4.78, 5) is 14.4. The minimum Gasteiger partial charge on any atom is -0.274 e. The van der Waals surface area contributed by atoms with Gasteiger partial charge in [-0.2, -0.15) is 4.98 Å². The summed E-state index contributed by atoms with van der Waals surface area (Å²) < 4.78 is 2.20. The van der Waals surface area contributed by atoms with E-state index in [0.29, 0.717) is 6.54 Å². The predicted molar refractivity (Wildman–Crippen MR) is 115 cm³/mol. The normalized spacial score (nSPS) is 11.2. The molecule has 136 valence electrons. The van der Waals surface area contributed by atoms with E-state index in [-0.39, 0.29) is 17.0 Å². The van der Waals surface area contributed by atoms with Crippen molar-refractivity contribution in [1.82, 2.24) is 13.9 Å². The Morgan fingerprint density at radius 2 is 1.56 bits per heavy atom. The largest absolute Gasteiger partial charge is 0.274 e. The summed E-state index contributed by atoms with van der Waals surface area (Å²) in [6, 6.07) is 24.6. The van der Waals surface area contributed by atoms with Gasteiger partial charge in [0.25, 0.3) is 0 Å². The van der Waals surface area contributed by atoms with Crippen LogP contribution in [0.15, 0.2) is 90.2 Å². The van der Waals surface area contributed by atoms with Gasteiger partial charge in [0, 0.05) is 18.0 Å². The highest BCUT2D eigenvalue weighted by Gasteiger charge is 2.09. The lowest BCUT2D eigenvalue weighted by Gasteiger charge is -2.06. The lowest BCUT2D eigenvalue weighted by molar-refractivity contribution is 0.872. The maximum absolute atomic E-state index is 4.79. The minimum absolute atomic E-state index is 0. The summed E-state index contributed by atoms with van der Waals surface area (Å²) >= 11 is 1.59. The van der Waals surface area contributed by atoms with E-state index in [1.54, 1.807) is 17.7 Å². The molecular weight excluding hydrogens is 420 g/mol. The molecular formula is C21H19BrN4S. The highest BCUT2D eigenvalue weighted by Crippen LogP contribution is 2.19. The molecule has 0 amide bonds. The molecule has 0 saturated carbocycles. The third-order valence-corrected chi connectivity index (χ3v) is 4.86. The molecule has 0 atom stereocenters. The number of halogens is 1. The molecule has 4 aromatic rings. The highest BCUT2D eigenvalue weighted by molar-refractivity contribution is 8.93. The summed E-state index contributed by atoms with van der Waals surface area (Å²) in [5, 5.41) is 0. The molecule has 6 heteroatoms. The molecule has 4 rings (SSSR count). The number of rotatable bonds is 5. The molecule has 27 heavy (non-hydrogen) atoms. The van der Waals surface area contributed by atoms with Gasteiger partial charge in [-0.15, -0.1) is 17.0 Å². The van der Waals surface area contributed by atoms with Crippen molar-refractivity contribution in [3.63, 3.8) is 0 Å². The average molecular weight is 439 g/mol. The second kappa shape index (κ2) is 9.39. The Balaban J connectivity index is 0.00000210. The summed E-state index contributed by atoms with van der Waals surface area (Å²) in [6.45, 7) is 1.37. The van der Waals surface area contributed by atoms with E-state index in [9.17, 15) is 0 Å². The number of hydrogen-bond donors (Lipinski definition) is 0. The molecule has 0 aliphatic heterocycles. The molecule has 0 saturated heterocycles. The van der Waals surface area contributed by atoms with Crippen LogP contribution in [0.4, 0.5) is 0 Å². The zero-order chi connectivity index (χ0) is 17.6. The lowest BCUT2D eigenvalue weighted by Crippen LogP contribution is -1.99. The van der Waals surface area contributed by atoms with Crippen LogP contribution in [-0.2, 0) is 13.1 Å². The van der Waals surface area contributed by atoms with E-state index in [2.05, 4.69) is 50.3 Å². The van der Waals surface area contributed by atoms with Gasteiger partial charge in [0.1, 0.15) is 0 Å². The molecule has 0 aliphatic carbocycles. The van der Waals surface area contributed by atoms with Crippen molar-refractivity contribution in [1.29, 1.82) is 0 Å². The van der Waals surface area contributed by atoms with Crippen molar-refractivity contribution in [2.75, 3.05) is 0 Å². The van der Waals surface area contributed by atoms with Crippen molar-refractivity contribution < 1.29 is 0 Å². The monoisotopic (exact) mass is 438 g/mol. The Bertz CT molecular complexity index is 1030. The summed E-state index contributed by atoms with van der Waals surface area (Å²) in [7, 11) is 0. The smallest absolute Gasteiger partial charge is 0.223 e. The maximum atomic E-state index is 4.79. The van der Waals surface area contributed by atoms with Gasteiger partial charge in [0.05, 0.1) is 13.1 Å². The van der Waals surface area contributed by atoms with Crippen LogP contribution >= 0.6 is 28.5 Å². The molecule has 0 N–H and O–H groups in total. The summed E-state index contributed by atoms with van der Waals surface area (Å²) in [5.74, 6) is 0.949. The van der Waals surface area contributed by atoms with Gasteiger partial charge in [0.15, 0.2) is 5.82 Å². The molecule has 0 aliphatic rings. The first-order valence-corrected chi connectivity index (χ1v) is 9.23. The van der Waals surface area contributed by atoms with E-state index in [1.165, 1.54) is 5.56 Å². The van der Waals surface area contributed by atoms with Gasteiger partial charge in [-0.25, -0.2) is 0 Å². The first-order chi connectivity index (χ1) is 12.9. The molecule has 4 nitrogen and oxygen atoms in total. The standard InChI is InChI=1S/C21H18N4S.BrH/c1-3-8-17(9-4-1)16-25-20(19-11-5-2-6-12-19)24-21(26-25)23-15-18-10-7-13-22-14-18;/h1-14H,15-16H2;1H. The molecule has 2 heterocycles. The summed E-state index contributed by atoms with van der Waals surface area (Å²) in [5.41, 5.74) is 3.43. The number of benzene rings is 2. The fourth-order valence-corrected chi connectivity index (χ4v) is 3.57. The number of hydrogen-bond acceptors (Lipinski definition) is 4. The van der Waals surface area contributed by atoms with Gasteiger partial charge >= 0.3 is 0 Å². The highest BCUT2D eigenvalue weighted by atomic mass is 79.9. The number of nitrogens with zero attached hydrogens (tertiary/aromatic N) is 4. The number of aromatic nitrogens is 3. The number of pyridine rings is 1. The molecule has 2 aromatic heterocycles. The van der Waals surface area contributed by atoms with E-state index in [1.807, 2.05) is 42.6 Å². The average Bonchev–Trinajstić information content (AvgIpc) is 3.11. The Morgan fingerprint density at radius 1 is 0.852 bits per heavy atom. The lowest BCUT2D eigenvalue weighted by atomic mass is 10.2. The van der Waals surface area contributed by atoms with Crippen LogP contribution in [0.1, 0.15) is 11.1 Å². The van der Waals surface area contributed by atoms with Crippen molar-refractivity contribution in [2.24, 2.45) is 4.99 Å². The molecule has 0 bridgehead atoms. The Morgan fingerprint density at radius 3 is 2.26 bits per heavy atom. The zero-order valence-corrected chi connectivity index (χ0v) is 17.1. The van der Waals surface area contributed by atoms with Crippen molar-refractivity contribution in [3.05, 3.63) is 101 Å². The molecule has 0 spiro atoms. The predicted octanol–water partition coefficient (Wildman–Crippen LogP) is 4.73. The summed E-state index contributed by atoms with van der Waals surface area (Å²) in [6.07, 6.45) is 3.61. The fraction of sp³-hybridized carbons (Fsp3) is 0.0952. The van der Waals surface area contributed by atoms with Gasteiger partial charge in [0.2, 0.25) is 4.80 Å². The van der Waals surface area contributed by atoms with Gasteiger partial charge in [-0.3, -0.25) is 13.9 Å². The molecule has 0 unspecified atom stereocenters. The molecule has 0 fully saturated rings. The second-order valence-corrected chi connectivity index (χ2v) is 6.86. The van der Waals surface area contributed by atoms with E-state index in [0.717, 1.165) is 28.3 Å². The molecule has 0 radical (unpaired) electrons. The topological polar surface area (TPSA) is 43.1 Å². The van der Waals surface area contributed by atoms with Gasteiger partial charge in [-0.1, -0.05) is 66.7 Å². The zero-order valence-electron chi connectivity index (χ0n) is 14.6. The SMILES string of the molecule is Br.c1ccc(Cn2sc(=NCc3cccnc3)nc2-c2ccccc2)cc1. The van der Waals surface area contributed by atoms with Crippen LogP contribution in [0.2, 0.25) is 0 Å². The van der Waals surface area contributed by atoms with Crippen molar-refractivity contribution in [2.45, 2.75) is 13.1 Å².